The lowest BCUT2D eigenvalue weighted by atomic mass is 10.1. The Labute approximate surface area is 170 Å². The van der Waals surface area contributed by atoms with Gasteiger partial charge in [0.15, 0.2) is 11.3 Å². The van der Waals surface area contributed by atoms with Crippen LogP contribution in [0.4, 0.5) is 0 Å². The van der Waals surface area contributed by atoms with E-state index < -0.39 is 0 Å². The fourth-order valence-corrected chi connectivity index (χ4v) is 2.99. The van der Waals surface area contributed by atoms with E-state index in [2.05, 4.69) is 5.32 Å². The molecule has 0 fully saturated rings. The quantitative estimate of drug-likeness (QED) is 0.558. The average Bonchev–Trinajstić information content (AvgIpc) is 3.18. The number of fused-ring (bicyclic) bond motifs is 1. The molecule has 29 heavy (non-hydrogen) atoms. The van der Waals surface area contributed by atoms with Crippen molar-refractivity contribution in [2.75, 3.05) is 20.8 Å². The molecule has 0 bridgehead atoms. The largest absolute Gasteiger partial charge is 0.497 e. The molecule has 6 nitrogen and oxygen atoms in total. The van der Waals surface area contributed by atoms with Crippen molar-refractivity contribution in [1.82, 2.24) is 5.32 Å². The number of carbonyl (C=O) groups is 1. The molecular weight excluding hydrogens is 370 g/mol. The van der Waals surface area contributed by atoms with Crippen LogP contribution in [0.15, 0.2) is 53.0 Å². The lowest BCUT2D eigenvalue weighted by molar-refractivity contribution is -0.117. The van der Waals surface area contributed by atoms with E-state index in [1.54, 1.807) is 26.4 Å². The molecule has 0 saturated heterocycles. The van der Waals surface area contributed by atoms with Crippen molar-refractivity contribution in [3.8, 4) is 17.2 Å². The summed E-state index contributed by atoms with van der Waals surface area (Å²) in [6, 6.07) is 12.8. The maximum absolute atomic E-state index is 12.4. The zero-order chi connectivity index (χ0) is 20.8. The first-order valence-corrected chi connectivity index (χ1v) is 9.41. The van der Waals surface area contributed by atoms with Crippen molar-refractivity contribution in [1.29, 1.82) is 0 Å². The number of nitrogens with one attached hydrogen (secondary N) is 1. The molecule has 152 valence electrons. The Morgan fingerprint density at radius 3 is 2.69 bits per heavy atom. The van der Waals surface area contributed by atoms with Gasteiger partial charge in [0.1, 0.15) is 17.3 Å². The molecule has 1 unspecified atom stereocenters. The molecule has 3 aromatic rings. The summed E-state index contributed by atoms with van der Waals surface area (Å²) in [6.07, 6.45) is 3.17. The van der Waals surface area contributed by atoms with Crippen LogP contribution in [-0.4, -0.2) is 26.7 Å². The van der Waals surface area contributed by atoms with Crippen LogP contribution in [0.1, 0.15) is 31.2 Å². The van der Waals surface area contributed by atoms with E-state index in [0.29, 0.717) is 35.2 Å². The summed E-state index contributed by atoms with van der Waals surface area (Å²) in [5.41, 5.74) is 1.46. The van der Waals surface area contributed by atoms with Crippen molar-refractivity contribution in [3.63, 3.8) is 0 Å². The first kappa shape index (κ1) is 20.3. The molecule has 1 N–H and O–H groups in total. The number of para-hydroxylation sites is 1. The van der Waals surface area contributed by atoms with E-state index >= 15 is 0 Å². The minimum Gasteiger partial charge on any atom is -0.497 e. The zero-order valence-corrected chi connectivity index (χ0v) is 17.0. The minimum atomic E-state index is -0.299. The molecule has 1 aromatic heterocycles. The second kappa shape index (κ2) is 9.19. The van der Waals surface area contributed by atoms with Gasteiger partial charge in [0.25, 0.3) is 0 Å². The Balaban J connectivity index is 1.71. The molecule has 0 aliphatic carbocycles. The Kier molecular flexibility index (Phi) is 6.44. The number of methoxy groups -OCH3 is 2. The second-order valence-corrected chi connectivity index (χ2v) is 6.43. The highest BCUT2D eigenvalue weighted by atomic mass is 16.5. The van der Waals surface area contributed by atoms with E-state index in [0.717, 1.165) is 10.9 Å². The van der Waals surface area contributed by atoms with Crippen LogP contribution >= 0.6 is 0 Å². The predicted molar refractivity (Wildman–Crippen MR) is 113 cm³/mol. The van der Waals surface area contributed by atoms with Crippen LogP contribution in [0, 0.1) is 0 Å². The lowest BCUT2D eigenvalue weighted by Gasteiger charge is -2.10. The summed E-state index contributed by atoms with van der Waals surface area (Å²) in [6.45, 7) is 4.36. The molecule has 1 heterocycles. The second-order valence-electron chi connectivity index (χ2n) is 6.43. The molecule has 1 amide bonds. The van der Waals surface area contributed by atoms with Crippen molar-refractivity contribution in [3.05, 3.63) is 59.9 Å². The topological polar surface area (TPSA) is 69.9 Å². The summed E-state index contributed by atoms with van der Waals surface area (Å²) >= 11 is 0. The highest BCUT2D eigenvalue weighted by Crippen LogP contribution is 2.31. The van der Waals surface area contributed by atoms with Gasteiger partial charge >= 0.3 is 0 Å². The van der Waals surface area contributed by atoms with E-state index in [1.807, 2.05) is 50.2 Å². The van der Waals surface area contributed by atoms with Gasteiger partial charge in [-0.3, -0.25) is 4.79 Å². The number of carbonyl (C=O) groups excluding carboxylic acids is 1. The average molecular weight is 395 g/mol. The van der Waals surface area contributed by atoms with Crippen molar-refractivity contribution < 1.29 is 23.4 Å². The highest BCUT2D eigenvalue weighted by Gasteiger charge is 2.15. The molecule has 0 spiro atoms. The molecule has 0 radical (unpaired) electrons. The summed E-state index contributed by atoms with van der Waals surface area (Å²) in [5, 5.41) is 3.85. The Bertz CT molecular complexity index is 1020. The normalized spacial score (nSPS) is 12.1. The van der Waals surface area contributed by atoms with Crippen LogP contribution in [0.2, 0.25) is 0 Å². The Morgan fingerprint density at radius 2 is 1.97 bits per heavy atom. The molecular formula is C23H25NO5. The standard InChI is InChI=1S/C23H25NO5/c1-5-28-19-8-6-7-17-13-20(29-23(17)19)15(2)24-22(25)12-10-16-9-11-18(26-3)14-21(16)27-4/h6-15H,5H2,1-4H3,(H,24,25)/b12-10+. The van der Waals surface area contributed by atoms with E-state index in [9.17, 15) is 4.79 Å². The third kappa shape index (κ3) is 4.71. The van der Waals surface area contributed by atoms with Crippen molar-refractivity contribution >= 4 is 23.0 Å². The molecule has 2 aromatic carbocycles. The number of benzene rings is 2. The van der Waals surface area contributed by atoms with Crippen molar-refractivity contribution in [2.45, 2.75) is 19.9 Å². The van der Waals surface area contributed by atoms with Crippen LogP contribution in [0.5, 0.6) is 17.2 Å². The van der Waals surface area contributed by atoms with Gasteiger partial charge in [-0.25, -0.2) is 0 Å². The van der Waals surface area contributed by atoms with Crippen LogP contribution in [0.3, 0.4) is 0 Å². The fourth-order valence-electron chi connectivity index (χ4n) is 2.99. The smallest absolute Gasteiger partial charge is 0.244 e. The zero-order valence-electron chi connectivity index (χ0n) is 17.0. The number of ether oxygens (including phenoxy) is 3. The SMILES string of the molecule is CCOc1cccc2cc(C(C)NC(=O)/C=C/c3ccc(OC)cc3OC)oc12. The van der Waals surface area contributed by atoms with Crippen LogP contribution in [-0.2, 0) is 4.79 Å². The summed E-state index contributed by atoms with van der Waals surface area (Å²) in [7, 11) is 3.17. The predicted octanol–water partition coefficient (Wildman–Crippen LogP) is 4.74. The maximum Gasteiger partial charge on any atom is 0.244 e. The number of amides is 1. The van der Waals surface area contributed by atoms with E-state index in [1.165, 1.54) is 6.08 Å². The summed E-state index contributed by atoms with van der Waals surface area (Å²) < 4.78 is 22.1. The lowest BCUT2D eigenvalue weighted by Crippen LogP contribution is -2.24. The van der Waals surface area contributed by atoms with Gasteiger partial charge < -0.3 is 23.9 Å². The third-order valence-electron chi connectivity index (χ3n) is 4.47. The van der Waals surface area contributed by atoms with Gasteiger partial charge in [0.2, 0.25) is 5.91 Å². The third-order valence-corrected chi connectivity index (χ3v) is 4.47. The van der Waals surface area contributed by atoms with E-state index in [-0.39, 0.29) is 11.9 Å². The maximum atomic E-state index is 12.4. The first-order chi connectivity index (χ1) is 14.0. The molecule has 6 heteroatoms. The van der Waals surface area contributed by atoms with Gasteiger partial charge in [-0.15, -0.1) is 0 Å². The molecule has 0 saturated carbocycles. The summed E-state index contributed by atoms with van der Waals surface area (Å²) in [5.74, 6) is 2.44. The van der Waals surface area contributed by atoms with Gasteiger partial charge in [-0.1, -0.05) is 12.1 Å². The number of rotatable bonds is 8. The van der Waals surface area contributed by atoms with Gasteiger partial charge in [-0.05, 0) is 44.2 Å². The van der Waals surface area contributed by atoms with Crippen LogP contribution < -0.4 is 19.5 Å². The Hall–Kier alpha value is -3.41. The van der Waals surface area contributed by atoms with Gasteiger partial charge in [0.05, 0.1) is 26.9 Å². The van der Waals surface area contributed by atoms with E-state index in [4.69, 9.17) is 18.6 Å². The minimum absolute atomic E-state index is 0.235. The number of furan rings is 1. The number of hydrogen-bond donors (Lipinski definition) is 1. The highest BCUT2D eigenvalue weighted by molar-refractivity contribution is 5.92. The molecule has 0 aliphatic rings. The Morgan fingerprint density at radius 1 is 1.14 bits per heavy atom. The fraction of sp³-hybridized carbons (Fsp3) is 0.261. The summed E-state index contributed by atoms with van der Waals surface area (Å²) in [4.78, 5) is 12.4. The van der Waals surface area contributed by atoms with Crippen molar-refractivity contribution in [2.24, 2.45) is 0 Å². The van der Waals surface area contributed by atoms with Gasteiger partial charge in [0, 0.05) is 23.1 Å². The monoisotopic (exact) mass is 395 g/mol. The van der Waals surface area contributed by atoms with Crippen LogP contribution in [0.25, 0.3) is 17.0 Å². The molecule has 1 atom stereocenters. The molecule has 0 aliphatic heterocycles. The first-order valence-electron chi connectivity index (χ1n) is 9.41. The number of hydrogen-bond acceptors (Lipinski definition) is 5. The molecule has 3 rings (SSSR count). The van der Waals surface area contributed by atoms with Gasteiger partial charge in [-0.2, -0.15) is 0 Å².